The fourth-order valence-electron chi connectivity index (χ4n) is 5.63. The second kappa shape index (κ2) is 22.0. The van der Waals surface area contributed by atoms with Crippen molar-refractivity contribution < 1.29 is 32.8 Å². The minimum atomic E-state index is -1.34. The zero-order chi connectivity index (χ0) is 37.1. The second-order valence-corrected chi connectivity index (χ2v) is 13.8. The van der Waals surface area contributed by atoms with Crippen molar-refractivity contribution in [1.82, 2.24) is 15.3 Å². The van der Waals surface area contributed by atoms with Crippen LogP contribution in [0.25, 0.3) is 0 Å². The summed E-state index contributed by atoms with van der Waals surface area (Å²) in [5.74, 6) is 0.761. The fourth-order valence-corrected chi connectivity index (χ4v) is 7.25. The molecule has 0 heterocycles. The Morgan fingerprint density at radius 2 is 1.20 bits per heavy atom. The number of nitrogens with zero attached hydrogens (tertiary/aromatic N) is 2. The van der Waals surface area contributed by atoms with Crippen molar-refractivity contribution in [2.75, 3.05) is 47.1 Å². The molecule has 0 aromatic heterocycles. The highest BCUT2D eigenvalue weighted by Crippen LogP contribution is 2.46. The van der Waals surface area contributed by atoms with Gasteiger partial charge in [-0.15, -0.1) is 0 Å². The number of benzene rings is 3. The molecule has 1 unspecified atom stereocenters. The number of nitriles is 1. The summed E-state index contributed by atoms with van der Waals surface area (Å²) < 4.78 is 31.7. The number of ether oxygens (including phenoxy) is 3. The average Bonchev–Trinajstić information content (AvgIpc) is 3.13. The average molecular weight is 721 g/mol. The zero-order valence-electron chi connectivity index (χ0n) is 30.7. The minimum absolute atomic E-state index is 0.205. The van der Waals surface area contributed by atoms with Crippen molar-refractivity contribution in [3.8, 4) is 17.6 Å². The maximum Gasteiger partial charge on any atom is 0.259 e. The van der Waals surface area contributed by atoms with Gasteiger partial charge in [-0.25, -0.2) is 4.67 Å². The molecule has 0 fully saturated rings. The SMILES string of the molecule is COc1ccc(C(OCCCNC(=O)CC(=O)NCCCOP(OCCC#N)N(C(C)C)C(C)C)(c2ccccc2)c2ccc(OC)cc2)cc1. The Morgan fingerprint density at radius 3 is 1.67 bits per heavy atom. The Hall–Kier alpha value is -4.04. The van der Waals surface area contributed by atoms with Gasteiger partial charge in [0.2, 0.25) is 11.8 Å². The van der Waals surface area contributed by atoms with Gasteiger partial charge in [-0.1, -0.05) is 54.6 Å². The van der Waals surface area contributed by atoms with Crippen LogP contribution in [0, 0.1) is 11.3 Å². The van der Waals surface area contributed by atoms with Crippen LogP contribution < -0.4 is 20.1 Å². The van der Waals surface area contributed by atoms with E-state index in [4.69, 9.17) is 28.5 Å². The van der Waals surface area contributed by atoms with Crippen LogP contribution in [0.4, 0.5) is 0 Å². The molecule has 11 nitrogen and oxygen atoms in total. The smallest absolute Gasteiger partial charge is 0.259 e. The molecule has 0 aliphatic carbocycles. The first kappa shape index (κ1) is 41.4. The highest BCUT2D eigenvalue weighted by atomic mass is 31.2. The Kier molecular flexibility index (Phi) is 17.9. The summed E-state index contributed by atoms with van der Waals surface area (Å²) in [7, 11) is 1.93. The summed E-state index contributed by atoms with van der Waals surface area (Å²) in [5.41, 5.74) is 1.85. The minimum Gasteiger partial charge on any atom is -0.497 e. The van der Waals surface area contributed by atoms with Gasteiger partial charge in [0.15, 0.2) is 0 Å². The normalized spacial score (nSPS) is 12.1. The Morgan fingerprint density at radius 1 is 0.725 bits per heavy atom. The van der Waals surface area contributed by atoms with Gasteiger partial charge in [0, 0.05) is 25.2 Å². The van der Waals surface area contributed by atoms with E-state index in [1.54, 1.807) is 14.2 Å². The number of rotatable bonds is 23. The fraction of sp³-hybridized carbons (Fsp3) is 0.462. The molecule has 0 saturated carbocycles. The van der Waals surface area contributed by atoms with Gasteiger partial charge in [0.1, 0.15) is 23.5 Å². The van der Waals surface area contributed by atoms with Crippen molar-refractivity contribution in [3.05, 3.63) is 95.6 Å². The predicted octanol–water partition coefficient (Wildman–Crippen LogP) is 6.71. The lowest BCUT2D eigenvalue weighted by atomic mass is 9.80. The summed E-state index contributed by atoms with van der Waals surface area (Å²) in [6, 6.07) is 28.2. The number of methoxy groups -OCH3 is 2. The van der Waals surface area contributed by atoms with Crippen LogP contribution in [0.3, 0.4) is 0 Å². The van der Waals surface area contributed by atoms with Crippen molar-refractivity contribution in [2.24, 2.45) is 0 Å². The molecule has 2 amide bonds. The highest BCUT2D eigenvalue weighted by Gasteiger charge is 2.37. The first-order chi connectivity index (χ1) is 24.7. The third kappa shape index (κ3) is 12.6. The Balaban J connectivity index is 1.53. The molecular weight excluding hydrogens is 667 g/mol. The molecule has 2 N–H and O–H groups in total. The number of amides is 2. The molecule has 276 valence electrons. The van der Waals surface area contributed by atoms with Crippen LogP contribution in [0.1, 0.15) is 70.1 Å². The first-order valence-corrected chi connectivity index (χ1v) is 18.5. The Labute approximate surface area is 304 Å². The Bertz CT molecular complexity index is 1440. The standard InChI is InChI=1S/C39H53N4O7P/c1-30(2)43(31(3)4)51(49-27-10-23-40)50-28-12-25-42-38(45)29-37(44)41-24-11-26-48-39(32-13-8-7-9-14-32,33-15-19-35(46-5)20-16-33)34-17-21-36(47-6)22-18-34/h7-9,13-22,30-31H,10-12,24-29H2,1-6H3,(H,41,44)(H,42,45). The van der Waals surface area contributed by atoms with E-state index >= 15 is 0 Å². The maximum atomic E-state index is 12.6. The molecule has 0 saturated heterocycles. The van der Waals surface area contributed by atoms with Gasteiger partial charge in [0.25, 0.3) is 8.53 Å². The first-order valence-electron chi connectivity index (χ1n) is 17.4. The summed E-state index contributed by atoms with van der Waals surface area (Å²) in [6.45, 7) is 10.0. The summed E-state index contributed by atoms with van der Waals surface area (Å²) in [4.78, 5) is 25.1. The van der Waals surface area contributed by atoms with Gasteiger partial charge in [-0.3, -0.25) is 9.59 Å². The molecule has 0 radical (unpaired) electrons. The lowest BCUT2D eigenvalue weighted by Gasteiger charge is -2.36. The molecule has 3 rings (SSSR count). The van der Waals surface area contributed by atoms with Crippen molar-refractivity contribution in [1.29, 1.82) is 5.26 Å². The van der Waals surface area contributed by atoms with E-state index in [1.807, 2.05) is 78.9 Å². The van der Waals surface area contributed by atoms with E-state index in [0.717, 1.165) is 28.2 Å². The van der Waals surface area contributed by atoms with Crippen LogP contribution in [-0.2, 0) is 29.0 Å². The number of hydrogen-bond donors (Lipinski definition) is 2. The van der Waals surface area contributed by atoms with Crippen LogP contribution in [0.15, 0.2) is 78.9 Å². The number of carbonyl (C=O) groups excluding carboxylic acids is 2. The van der Waals surface area contributed by atoms with Gasteiger partial charge in [-0.2, -0.15) is 5.26 Å². The third-order valence-electron chi connectivity index (χ3n) is 7.96. The largest absolute Gasteiger partial charge is 0.497 e. The van der Waals surface area contributed by atoms with Gasteiger partial charge < -0.3 is 33.9 Å². The van der Waals surface area contributed by atoms with E-state index in [2.05, 4.69) is 49.1 Å². The molecule has 0 aliphatic heterocycles. The van der Waals surface area contributed by atoms with E-state index in [0.29, 0.717) is 52.2 Å². The molecule has 3 aromatic carbocycles. The molecule has 12 heteroatoms. The molecule has 1 atom stereocenters. The second-order valence-electron chi connectivity index (χ2n) is 12.3. The number of nitrogens with one attached hydrogen (secondary N) is 2. The summed E-state index contributed by atoms with van der Waals surface area (Å²) in [6.07, 6.45) is 1.10. The van der Waals surface area contributed by atoms with Crippen LogP contribution >= 0.6 is 8.53 Å². The summed E-state index contributed by atoms with van der Waals surface area (Å²) in [5, 5.41) is 14.5. The van der Waals surface area contributed by atoms with Gasteiger partial charge in [-0.05, 0) is 81.5 Å². The highest BCUT2D eigenvalue weighted by molar-refractivity contribution is 7.44. The van der Waals surface area contributed by atoms with E-state index < -0.39 is 14.1 Å². The van der Waals surface area contributed by atoms with Crippen LogP contribution in [0.2, 0.25) is 0 Å². The molecule has 3 aromatic rings. The molecule has 0 aliphatic rings. The number of carbonyl (C=O) groups is 2. The topological polar surface area (TPSA) is 131 Å². The van der Waals surface area contributed by atoms with Crippen molar-refractivity contribution in [2.45, 2.75) is 71.1 Å². The lowest BCUT2D eigenvalue weighted by Crippen LogP contribution is -2.35. The van der Waals surface area contributed by atoms with Gasteiger partial charge >= 0.3 is 0 Å². The molecule has 0 bridgehead atoms. The molecular formula is C39H53N4O7P. The zero-order valence-corrected chi connectivity index (χ0v) is 31.6. The van der Waals surface area contributed by atoms with E-state index in [-0.39, 0.29) is 30.3 Å². The lowest BCUT2D eigenvalue weighted by molar-refractivity contribution is -0.129. The third-order valence-corrected chi connectivity index (χ3v) is 10.1. The quantitative estimate of drug-likeness (QED) is 0.0475. The maximum absolute atomic E-state index is 12.6. The van der Waals surface area contributed by atoms with E-state index in [1.165, 1.54) is 0 Å². The van der Waals surface area contributed by atoms with Gasteiger partial charge in [0.05, 0.1) is 46.5 Å². The van der Waals surface area contributed by atoms with Crippen molar-refractivity contribution in [3.63, 3.8) is 0 Å². The van der Waals surface area contributed by atoms with Crippen molar-refractivity contribution >= 4 is 20.3 Å². The monoisotopic (exact) mass is 720 g/mol. The molecule has 0 spiro atoms. The van der Waals surface area contributed by atoms with Crippen LogP contribution in [0.5, 0.6) is 11.5 Å². The van der Waals surface area contributed by atoms with E-state index in [9.17, 15) is 9.59 Å². The summed E-state index contributed by atoms with van der Waals surface area (Å²) >= 11 is 0. The predicted molar refractivity (Wildman–Crippen MR) is 199 cm³/mol. The van der Waals surface area contributed by atoms with Crippen LogP contribution in [-0.4, -0.2) is 75.7 Å². The molecule has 51 heavy (non-hydrogen) atoms. The number of hydrogen-bond acceptors (Lipinski definition) is 9.